The number of hydrogen-bond acceptors (Lipinski definition) is 5. The van der Waals surface area contributed by atoms with Gasteiger partial charge in [0.2, 0.25) is 0 Å². The zero-order valence-corrected chi connectivity index (χ0v) is 18.0. The number of hydrogen-bond donors (Lipinski definition) is 1. The molecule has 0 saturated carbocycles. The number of fused-ring (bicyclic) bond motifs is 2. The molecule has 0 aliphatic carbocycles. The summed E-state index contributed by atoms with van der Waals surface area (Å²) in [6, 6.07) is 10.1. The van der Waals surface area contributed by atoms with Gasteiger partial charge in [-0.3, -0.25) is 14.2 Å². The van der Waals surface area contributed by atoms with E-state index in [1.807, 2.05) is 25.1 Å². The van der Waals surface area contributed by atoms with Crippen molar-refractivity contribution in [3.63, 3.8) is 0 Å². The molecule has 3 heterocycles. The molecule has 0 unspecified atom stereocenters. The lowest BCUT2D eigenvalue weighted by Gasteiger charge is -2.22. The Morgan fingerprint density at radius 2 is 2.03 bits per heavy atom. The van der Waals surface area contributed by atoms with Gasteiger partial charge in [0.25, 0.3) is 11.5 Å². The van der Waals surface area contributed by atoms with E-state index >= 15 is 0 Å². The van der Waals surface area contributed by atoms with Gasteiger partial charge in [0.1, 0.15) is 10.7 Å². The first-order valence-corrected chi connectivity index (χ1v) is 10.5. The van der Waals surface area contributed by atoms with Gasteiger partial charge >= 0.3 is 0 Å². The number of aromatic nitrogens is 2. The highest BCUT2D eigenvalue weighted by Crippen LogP contribution is 2.29. The van der Waals surface area contributed by atoms with Gasteiger partial charge in [0.05, 0.1) is 10.3 Å². The summed E-state index contributed by atoms with van der Waals surface area (Å²) < 4.78 is 1.75. The Hall–Kier alpha value is -2.22. The van der Waals surface area contributed by atoms with E-state index in [1.165, 1.54) is 16.9 Å². The average molecular weight is 433 g/mol. The van der Waals surface area contributed by atoms with Crippen LogP contribution in [-0.4, -0.2) is 40.0 Å². The number of halogens is 1. The quantitative estimate of drug-likeness (QED) is 0.649. The zero-order valence-electron chi connectivity index (χ0n) is 16.4. The first kappa shape index (κ1) is 21.5. The molecule has 2 aromatic heterocycles. The Labute approximate surface area is 179 Å². The molecule has 2 N–H and O–H groups in total. The number of benzene rings is 1. The Bertz CT molecular complexity index is 1080. The van der Waals surface area contributed by atoms with Crippen molar-refractivity contribution >= 4 is 39.9 Å². The number of carbonyl (C=O) groups excluding carboxylic acids is 1. The second-order valence-corrected chi connectivity index (χ2v) is 8.14. The van der Waals surface area contributed by atoms with Crippen molar-refractivity contribution in [2.75, 3.05) is 19.6 Å². The molecule has 29 heavy (non-hydrogen) atoms. The highest BCUT2D eigenvalue weighted by Gasteiger charge is 2.25. The predicted octanol–water partition coefficient (Wildman–Crippen LogP) is 2.78. The lowest BCUT2D eigenvalue weighted by molar-refractivity contribution is 0.0766. The molecule has 0 saturated heterocycles. The van der Waals surface area contributed by atoms with Crippen LogP contribution in [-0.2, 0) is 19.4 Å². The summed E-state index contributed by atoms with van der Waals surface area (Å²) >= 11 is 1.33. The summed E-state index contributed by atoms with van der Waals surface area (Å²) in [6.45, 7) is 4.06. The van der Waals surface area contributed by atoms with E-state index in [0.717, 1.165) is 30.7 Å². The molecule has 0 spiro atoms. The van der Waals surface area contributed by atoms with E-state index in [-0.39, 0.29) is 23.9 Å². The molecule has 1 amide bonds. The minimum Gasteiger partial charge on any atom is -0.336 e. The molecule has 3 aromatic rings. The van der Waals surface area contributed by atoms with Crippen LogP contribution in [0.3, 0.4) is 0 Å². The summed E-state index contributed by atoms with van der Waals surface area (Å²) in [5.41, 5.74) is 7.67. The van der Waals surface area contributed by atoms with Gasteiger partial charge in [-0.25, -0.2) is 4.98 Å². The SMILES string of the molecule is Cc1c(C(=O)N(CCN)CCc2ccccc2)sc2nc3n(c(=O)c12)CCC3.Cl. The Kier molecular flexibility index (Phi) is 6.72. The second-order valence-electron chi connectivity index (χ2n) is 7.14. The maximum absolute atomic E-state index is 13.3. The second kappa shape index (κ2) is 9.07. The van der Waals surface area contributed by atoms with Crippen LogP contribution in [0.2, 0.25) is 0 Å². The number of carbonyl (C=O) groups is 1. The van der Waals surface area contributed by atoms with Crippen molar-refractivity contribution in [2.45, 2.75) is 32.7 Å². The van der Waals surface area contributed by atoms with Gasteiger partial charge in [-0.05, 0) is 30.9 Å². The van der Waals surface area contributed by atoms with Crippen molar-refractivity contribution in [3.05, 3.63) is 62.5 Å². The molecule has 0 radical (unpaired) electrons. The Balaban J connectivity index is 0.00000240. The van der Waals surface area contributed by atoms with Crippen molar-refractivity contribution in [1.82, 2.24) is 14.5 Å². The van der Waals surface area contributed by atoms with Gasteiger partial charge in [0.15, 0.2) is 0 Å². The highest BCUT2D eigenvalue weighted by atomic mass is 35.5. The van der Waals surface area contributed by atoms with Crippen LogP contribution in [0, 0.1) is 6.92 Å². The third-order valence-corrected chi connectivity index (χ3v) is 6.48. The summed E-state index contributed by atoms with van der Waals surface area (Å²) in [7, 11) is 0. The van der Waals surface area contributed by atoms with Crippen LogP contribution in [0.25, 0.3) is 10.2 Å². The zero-order chi connectivity index (χ0) is 19.7. The van der Waals surface area contributed by atoms with Crippen LogP contribution < -0.4 is 11.3 Å². The third-order valence-electron chi connectivity index (χ3n) is 5.31. The molecule has 4 rings (SSSR count). The molecule has 0 fully saturated rings. The van der Waals surface area contributed by atoms with Crippen LogP contribution in [0.5, 0.6) is 0 Å². The number of aryl methyl sites for hydroxylation is 2. The standard InChI is InChI=1S/C21H24N4O2S.ClH/c1-14-17-19(23-16-8-5-11-25(16)20(17)26)28-18(14)21(27)24(13-10-22)12-9-15-6-3-2-4-7-15;/h2-4,6-7H,5,8-13,22H2,1H3;1H. The molecule has 0 bridgehead atoms. The summed E-state index contributed by atoms with van der Waals surface area (Å²) in [5.74, 6) is 0.770. The minimum atomic E-state index is -0.0635. The molecule has 1 aliphatic rings. The summed E-state index contributed by atoms with van der Waals surface area (Å²) in [6.07, 6.45) is 2.54. The minimum absolute atomic E-state index is 0. The third kappa shape index (κ3) is 4.08. The van der Waals surface area contributed by atoms with E-state index in [0.29, 0.717) is 41.3 Å². The Morgan fingerprint density at radius 1 is 1.28 bits per heavy atom. The highest BCUT2D eigenvalue weighted by molar-refractivity contribution is 7.20. The molecule has 1 aromatic carbocycles. The van der Waals surface area contributed by atoms with Gasteiger partial charge in [-0.15, -0.1) is 23.7 Å². The average Bonchev–Trinajstić information content (AvgIpc) is 3.30. The van der Waals surface area contributed by atoms with Crippen molar-refractivity contribution < 1.29 is 4.79 Å². The molecule has 1 aliphatic heterocycles. The lowest BCUT2D eigenvalue weighted by atomic mass is 10.1. The van der Waals surface area contributed by atoms with E-state index in [2.05, 4.69) is 17.1 Å². The van der Waals surface area contributed by atoms with Gasteiger partial charge < -0.3 is 10.6 Å². The normalized spacial score (nSPS) is 12.6. The predicted molar refractivity (Wildman–Crippen MR) is 119 cm³/mol. The molecule has 6 nitrogen and oxygen atoms in total. The number of nitrogens with zero attached hydrogens (tertiary/aromatic N) is 3. The monoisotopic (exact) mass is 432 g/mol. The molecular weight excluding hydrogens is 408 g/mol. The van der Waals surface area contributed by atoms with Crippen LogP contribution >= 0.6 is 23.7 Å². The fraction of sp³-hybridized carbons (Fsp3) is 0.381. The van der Waals surface area contributed by atoms with Crippen molar-refractivity contribution in [2.24, 2.45) is 5.73 Å². The van der Waals surface area contributed by atoms with Crippen LogP contribution in [0.1, 0.15) is 33.0 Å². The number of thiophene rings is 1. The number of amides is 1. The van der Waals surface area contributed by atoms with Crippen LogP contribution in [0.4, 0.5) is 0 Å². The lowest BCUT2D eigenvalue weighted by Crippen LogP contribution is -2.36. The number of nitrogens with two attached hydrogens (primary N) is 1. The van der Waals surface area contributed by atoms with Gasteiger partial charge in [-0.1, -0.05) is 30.3 Å². The van der Waals surface area contributed by atoms with Gasteiger partial charge in [0, 0.05) is 32.6 Å². The largest absolute Gasteiger partial charge is 0.336 e. The fourth-order valence-corrected chi connectivity index (χ4v) is 4.96. The molecule has 154 valence electrons. The number of rotatable bonds is 6. The topological polar surface area (TPSA) is 81.2 Å². The first-order chi connectivity index (χ1) is 13.6. The van der Waals surface area contributed by atoms with E-state index in [4.69, 9.17) is 5.73 Å². The maximum atomic E-state index is 13.3. The Morgan fingerprint density at radius 3 is 2.76 bits per heavy atom. The van der Waals surface area contributed by atoms with Crippen molar-refractivity contribution in [1.29, 1.82) is 0 Å². The van der Waals surface area contributed by atoms with E-state index < -0.39 is 0 Å². The molecular formula is C21H25ClN4O2S. The fourth-order valence-electron chi connectivity index (χ4n) is 3.80. The maximum Gasteiger partial charge on any atom is 0.264 e. The summed E-state index contributed by atoms with van der Waals surface area (Å²) in [5, 5.41) is 0.592. The van der Waals surface area contributed by atoms with Crippen molar-refractivity contribution in [3.8, 4) is 0 Å². The van der Waals surface area contributed by atoms with E-state index in [9.17, 15) is 9.59 Å². The van der Waals surface area contributed by atoms with Crippen LogP contribution in [0.15, 0.2) is 35.1 Å². The van der Waals surface area contributed by atoms with E-state index in [1.54, 1.807) is 9.47 Å². The smallest absolute Gasteiger partial charge is 0.264 e. The van der Waals surface area contributed by atoms with Gasteiger partial charge in [-0.2, -0.15) is 0 Å². The summed E-state index contributed by atoms with van der Waals surface area (Å²) in [4.78, 5) is 33.9. The molecule has 0 atom stereocenters. The molecule has 8 heteroatoms. The first-order valence-electron chi connectivity index (χ1n) is 9.66.